The summed E-state index contributed by atoms with van der Waals surface area (Å²) < 4.78 is 0. The molecule has 0 fully saturated rings. The third kappa shape index (κ3) is 2.96. The number of rotatable bonds is 2. The molecule has 3 aromatic rings. The Balaban J connectivity index is 1.58. The molecule has 0 bridgehead atoms. The zero-order valence-electron chi connectivity index (χ0n) is 16.2. The van der Waals surface area contributed by atoms with Crippen LogP contribution in [0.3, 0.4) is 0 Å². The fourth-order valence-corrected chi connectivity index (χ4v) is 6.41. The quantitative estimate of drug-likeness (QED) is 0.472. The summed E-state index contributed by atoms with van der Waals surface area (Å²) in [6.45, 7) is 0. The zero-order valence-corrected chi connectivity index (χ0v) is 17.9. The van der Waals surface area contributed by atoms with E-state index in [2.05, 4.69) is 6.08 Å². The number of benzene rings is 3. The van der Waals surface area contributed by atoms with Crippen molar-refractivity contribution in [3.63, 3.8) is 0 Å². The van der Waals surface area contributed by atoms with Crippen LogP contribution in [0.15, 0.2) is 116 Å². The Kier molecular flexibility index (Phi) is 4.33. The third-order valence-electron chi connectivity index (χ3n) is 5.53. The maximum Gasteiger partial charge on any atom is 0.196 e. The van der Waals surface area contributed by atoms with E-state index in [0.717, 1.165) is 20.4 Å². The summed E-state index contributed by atoms with van der Waals surface area (Å²) >= 11 is 3.21. The molecule has 0 radical (unpaired) electrons. The second-order valence-corrected chi connectivity index (χ2v) is 9.70. The number of carbonyl (C=O) groups is 2. The third-order valence-corrected chi connectivity index (χ3v) is 7.81. The second-order valence-electron chi connectivity index (χ2n) is 7.40. The van der Waals surface area contributed by atoms with Crippen molar-refractivity contribution in [1.29, 1.82) is 0 Å². The predicted molar refractivity (Wildman–Crippen MR) is 126 cm³/mol. The first kappa shape index (κ1) is 18.6. The van der Waals surface area contributed by atoms with Gasteiger partial charge in [0, 0.05) is 31.4 Å². The van der Waals surface area contributed by atoms with Gasteiger partial charge < -0.3 is 0 Å². The van der Waals surface area contributed by atoms with Gasteiger partial charge in [-0.25, -0.2) is 4.99 Å². The van der Waals surface area contributed by atoms with Crippen molar-refractivity contribution in [3.05, 3.63) is 112 Å². The number of Topliss-reactive ketones (excluding diaryl/α,β-unsaturated/α-hetero) is 2. The summed E-state index contributed by atoms with van der Waals surface area (Å²) in [7, 11) is 0. The van der Waals surface area contributed by atoms with Crippen molar-refractivity contribution in [2.24, 2.45) is 4.99 Å². The van der Waals surface area contributed by atoms with E-state index >= 15 is 0 Å². The summed E-state index contributed by atoms with van der Waals surface area (Å²) in [4.78, 5) is 35.0. The van der Waals surface area contributed by atoms with E-state index < -0.39 is 0 Å². The van der Waals surface area contributed by atoms with Gasteiger partial charge in [0.2, 0.25) is 0 Å². The number of ketones is 2. The SMILES string of the molecule is O=C1C2=C(C(=O)c3ccccc31)C1=Nc3ccccc3SC1C=C2Sc1ccccc1. The summed E-state index contributed by atoms with van der Waals surface area (Å²) in [6.07, 6.45) is 2.09. The van der Waals surface area contributed by atoms with E-state index in [0.29, 0.717) is 28.0 Å². The molecule has 1 aliphatic heterocycles. The van der Waals surface area contributed by atoms with Crippen molar-refractivity contribution < 1.29 is 9.59 Å². The molecule has 0 saturated heterocycles. The van der Waals surface area contributed by atoms with Gasteiger partial charge in [-0.3, -0.25) is 9.59 Å². The van der Waals surface area contributed by atoms with Crippen LogP contribution in [-0.2, 0) is 0 Å². The minimum atomic E-state index is -0.117. The topological polar surface area (TPSA) is 46.5 Å². The molecule has 31 heavy (non-hydrogen) atoms. The fraction of sp³-hybridized carbons (Fsp3) is 0.0385. The summed E-state index contributed by atoms with van der Waals surface area (Å²) in [5.74, 6) is -0.224. The van der Waals surface area contributed by atoms with Crippen LogP contribution in [0.25, 0.3) is 0 Å². The van der Waals surface area contributed by atoms with Crippen LogP contribution in [0.4, 0.5) is 5.69 Å². The number of hydrogen-bond acceptors (Lipinski definition) is 5. The van der Waals surface area contributed by atoms with Gasteiger partial charge in [-0.05, 0) is 24.3 Å². The molecular weight excluding hydrogens is 422 g/mol. The monoisotopic (exact) mass is 437 g/mol. The molecule has 1 atom stereocenters. The van der Waals surface area contributed by atoms with Crippen molar-refractivity contribution in [3.8, 4) is 0 Å². The smallest absolute Gasteiger partial charge is 0.196 e. The molecule has 3 aliphatic rings. The van der Waals surface area contributed by atoms with Gasteiger partial charge in [-0.2, -0.15) is 0 Å². The number of carbonyl (C=O) groups excluding carboxylic acids is 2. The van der Waals surface area contributed by atoms with E-state index in [9.17, 15) is 9.59 Å². The van der Waals surface area contributed by atoms with E-state index in [4.69, 9.17) is 4.99 Å². The van der Waals surface area contributed by atoms with Crippen LogP contribution in [0, 0.1) is 0 Å². The van der Waals surface area contributed by atoms with Crippen molar-refractivity contribution in [2.75, 3.05) is 0 Å². The Morgan fingerprint density at radius 1 is 0.742 bits per heavy atom. The van der Waals surface area contributed by atoms with Crippen LogP contribution in [0.5, 0.6) is 0 Å². The molecule has 3 nitrogen and oxygen atoms in total. The van der Waals surface area contributed by atoms with Crippen LogP contribution < -0.4 is 0 Å². The second kappa shape index (κ2) is 7.22. The molecule has 2 aliphatic carbocycles. The molecule has 1 heterocycles. The largest absolute Gasteiger partial charge is 0.289 e. The number of nitrogens with zero attached hydrogens (tertiary/aromatic N) is 1. The van der Waals surface area contributed by atoms with Gasteiger partial charge in [0.25, 0.3) is 0 Å². The zero-order chi connectivity index (χ0) is 20.9. The molecule has 0 spiro atoms. The van der Waals surface area contributed by atoms with E-state index in [-0.39, 0.29) is 16.8 Å². The minimum absolute atomic E-state index is 0.107. The lowest BCUT2D eigenvalue weighted by atomic mass is 9.79. The Labute approximate surface area is 188 Å². The first-order valence-electron chi connectivity index (χ1n) is 9.93. The maximum absolute atomic E-state index is 13.6. The van der Waals surface area contributed by atoms with Gasteiger partial charge in [0.15, 0.2) is 11.6 Å². The highest BCUT2D eigenvalue weighted by atomic mass is 32.2. The highest BCUT2D eigenvalue weighted by Crippen LogP contribution is 2.48. The highest BCUT2D eigenvalue weighted by Gasteiger charge is 2.42. The van der Waals surface area contributed by atoms with Crippen LogP contribution in [0.1, 0.15) is 20.7 Å². The number of hydrogen-bond donors (Lipinski definition) is 0. The van der Waals surface area contributed by atoms with Crippen LogP contribution >= 0.6 is 23.5 Å². The fourth-order valence-electron chi connectivity index (χ4n) is 4.12. The van der Waals surface area contributed by atoms with E-state index in [1.54, 1.807) is 36.0 Å². The molecule has 0 aromatic heterocycles. The van der Waals surface area contributed by atoms with E-state index in [1.807, 2.05) is 54.6 Å². The molecule has 0 N–H and O–H groups in total. The summed E-state index contributed by atoms with van der Waals surface area (Å²) in [6, 6.07) is 25.0. The summed E-state index contributed by atoms with van der Waals surface area (Å²) in [5.41, 5.74) is 3.39. The molecule has 6 rings (SSSR count). The lowest BCUT2D eigenvalue weighted by molar-refractivity contribution is 0.0981. The number of thioether (sulfide) groups is 2. The maximum atomic E-state index is 13.6. The van der Waals surface area contributed by atoms with Gasteiger partial charge in [0.1, 0.15) is 0 Å². The molecule has 1 unspecified atom stereocenters. The van der Waals surface area contributed by atoms with Crippen LogP contribution in [0.2, 0.25) is 0 Å². The lowest BCUT2D eigenvalue weighted by Gasteiger charge is -2.32. The van der Waals surface area contributed by atoms with Crippen molar-refractivity contribution >= 4 is 46.5 Å². The Morgan fingerprint density at radius 3 is 2.16 bits per heavy atom. The number of allylic oxidation sites excluding steroid dienone is 2. The van der Waals surface area contributed by atoms with Gasteiger partial charge >= 0.3 is 0 Å². The standard InChI is InChI=1S/C26H15NO2S2/c28-25-16-10-4-5-11-17(16)26(29)23-22(25)20(30-15-8-2-1-3-9-15)14-21-24(23)27-18-12-6-7-13-19(18)31-21/h1-14,21H. The van der Waals surface area contributed by atoms with Crippen LogP contribution in [-0.4, -0.2) is 22.5 Å². The van der Waals surface area contributed by atoms with Gasteiger partial charge in [-0.1, -0.05) is 72.4 Å². The first-order chi connectivity index (χ1) is 15.2. The molecule has 148 valence electrons. The van der Waals surface area contributed by atoms with Crippen molar-refractivity contribution in [2.45, 2.75) is 15.0 Å². The Hall–Kier alpha value is -3.15. The molecule has 5 heteroatoms. The van der Waals surface area contributed by atoms with Gasteiger partial charge in [0.05, 0.1) is 22.2 Å². The summed E-state index contributed by atoms with van der Waals surface area (Å²) in [5, 5.41) is -0.109. The Morgan fingerprint density at radius 2 is 1.39 bits per heavy atom. The molecule has 0 saturated carbocycles. The predicted octanol–water partition coefficient (Wildman–Crippen LogP) is 6.30. The molecule has 3 aromatic carbocycles. The van der Waals surface area contributed by atoms with Gasteiger partial charge in [-0.15, -0.1) is 11.8 Å². The average molecular weight is 438 g/mol. The lowest BCUT2D eigenvalue weighted by Crippen LogP contribution is -2.35. The Bertz CT molecular complexity index is 1370. The molecular formula is C26H15NO2S2. The first-order valence-corrected chi connectivity index (χ1v) is 11.6. The average Bonchev–Trinajstić information content (AvgIpc) is 2.81. The number of para-hydroxylation sites is 1. The number of aliphatic imine (C=N–C) groups is 1. The number of fused-ring (bicyclic) bond motifs is 4. The van der Waals surface area contributed by atoms with E-state index in [1.165, 1.54) is 11.8 Å². The highest BCUT2D eigenvalue weighted by molar-refractivity contribution is 8.03. The minimum Gasteiger partial charge on any atom is -0.289 e. The normalized spacial score (nSPS) is 19.0. The molecule has 0 amide bonds. The van der Waals surface area contributed by atoms with Crippen molar-refractivity contribution in [1.82, 2.24) is 0 Å².